The highest BCUT2D eigenvalue weighted by Crippen LogP contribution is 2.15. The Labute approximate surface area is 95.9 Å². The van der Waals surface area contributed by atoms with Gasteiger partial charge in [0, 0.05) is 12.1 Å². The molecule has 0 bridgehead atoms. The molecule has 1 N–H and O–H groups in total. The molecule has 0 radical (unpaired) electrons. The van der Waals surface area contributed by atoms with Crippen LogP contribution in [0.15, 0.2) is 18.2 Å². The Hall–Kier alpha value is -0.960. The molecule has 0 aliphatic rings. The first-order valence-electron chi connectivity index (χ1n) is 5.69. The summed E-state index contributed by atoms with van der Waals surface area (Å²) in [6.07, 6.45) is 2.01. The van der Waals surface area contributed by atoms with E-state index in [0.717, 1.165) is 18.4 Å². The van der Waals surface area contributed by atoms with Crippen molar-refractivity contribution in [1.29, 1.82) is 0 Å². The summed E-state index contributed by atoms with van der Waals surface area (Å²) in [5, 5.41) is 3.37. The highest BCUT2D eigenvalue weighted by Gasteiger charge is 2.18. The molecule has 3 heteroatoms. The number of halogens is 2. The van der Waals surface area contributed by atoms with E-state index in [4.69, 9.17) is 0 Å². The molecule has 0 unspecified atom stereocenters. The fourth-order valence-electron chi connectivity index (χ4n) is 1.47. The van der Waals surface area contributed by atoms with Gasteiger partial charge in [-0.1, -0.05) is 19.9 Å². The first-order chi connectivity index (χ1) is 7.50. The van der Waals surface area contributed by atoms with Gasteiger partial charge in [0.1, 0.15) is 0 Å². The van der Waals surface area contributed by atoms with Crippen molar-refractivity contribution in [3.63, 3.8) is 0 Å². The van der Waals surface area contributed by atoms with E-state index in [1.165, 1.54) is 12.1 Å². The maximum absolute atomic E-state index is 13.0. The Balaban J connectivity index is 2.64. The smallest absolute Gasteiger partial charge is 0.159 e. The minimum absolute atomic E-state index is 0.0604. The van der Waals surface area contributed by atoms with Crippen LogP contribution < -0.4 is 5.32 Å². The third-order valence-electron chi connectivity index (χ3n) is 3.26. The van der Waals surface area contributed by atoms with Crippen LogP contribution in [0.2, 0.25) is 0 Å². The van der Waals surface area contributed by atoms with Gasteiger partial charge in [-0.15, -0.1) is 0 Å². The van der Waals surface area contributed by atoms with Gasteiger partial charge in [0.05, 0.1) is 0 Å². The van der Waals surface area contributed by atoms with Crippen LogP contribution in [0.5, 0.6) is 0 Å². The molecule has 16 heavy (non-hydrogen) atoms. The maximum atomic E-state index is 13.0. The summed E-state index contributed by atoms with van der Waals surface area (Å²) in [4.78, 5) is 0. The van der Waals surface area contributed by atoms with Crippen molar-refractivity contribution >= 4 is 0 Å². The molecular weight excluding hydrogens is 208 g/mol. The molecule has 0 aliphatic carbocycles. The first-order valence-corrected chi connectivity index (χ1v) is 5.69. The summed E-state index contributed by atoms with van der Waals surface area (Å²) in [6.45, 7) is 6.92. The van der Waals surface area contributed by atoms with Gasteiger partial charge in [-0.25, -0.2) is 8.78 Å². The Bertz CT molecular complexity index is 346. The molecule has 1 aromatic rings. The number of hydrogen-bond donors (Lipinski definition) is 1. The number of rotatable bonds is 5. The van der Waals surface area contributed by atoms with Gasteiger partial charge in [-0.3, -0.25) is 0 Å². The van der Waals surface area contributed by atoms with E-state index in [1.54, 1.807) is 6.07 Å². The zero-order valence-electron chi connectivity index (χ0n) is 10.1. The van der Waals surface area contributed by atoms with Gasteiger partial charge >= 0.3 is 0 Å². The second kappa shape index (κ2) is 5.39. The van der Waals surface area contributed by atoms with Crippen LogP contribution in [0.25, 0.3) is 0 Å². The zero-order valence-corrected chi connectivity index (χ0v) is 10.1. The number of hydrogen-bond acceptors (Lipinski definition) is 1. The number of nitrogens with one attached hydrogen (secondary N) is 1. The lowest BCUT2D eigenvalue weighted by Crippen LogP contribution is -2.40. The van der Waals surface area contributed by atoms with E-state index in [0.29, 0.717) is 6.54 Å². The standard InChI is InChI=1S/C13H19F2N/c1-4-13(3,5-2)16-9-10-6-7-11(14)12(15)8-10/h6-8,16H,4-5,9H2,1-3H3. The molecule has 0 aromatic heterocycles. The molecule has 1 nitrogen and oxygen atoms in total. The Morgan fingerprint density at radius 2 is 1.75 bits per heavy atom. The third kappa shape index (κ3) is 3.27. The highest BCUT2D eigenvalue weighted by atomic mass is 19.2. The quantitative estimate of drug-likeness (QED) is 0.810. The van der Waals surface area contributed by atoms with Crippen molar-refractivity contribution < 1.29 is 8.78 Å². The zero-order chi connectivity index (χ0) is 12.2. The van der Waals surface area contributed by atoms with Crippen LogP contribution >= 0.6 is 0 Å². The normalized spacial score (nSPS) is 11.8. The molecule has 0 fully saturated rings. The van der Waals surface area contributed by atoms with E-state index >= 15 is 0 Å². The van der Waals surface area contributed by atoms with Crippen LogP contribution in [-0.2, 0) is 6.54 Å². The van der Waals surface area contributed by atoms with E-state index in [-0.39, 0.29) is 5.54 Å². The average molecular weight is 227 g/mol. The predicted molar refractivity (Wildman–Crippen MR) is 62.2 cm³/mol. The molecule has 0 aliphatic heterocycles. The molecule has 0 spiro atoms. The lowest BCUT2D eigenvalue weighted by molar-refractivity contribution is 0.329. The van der Waals surface area contributed by atoms with Crippen molar-refractivity contribution in [2.24, 2.45) is 0 Å². The molecule has 0 amide bonds. The van der Waals surface area contributed by atoms with Gasteiger partial charge in [0.25, 0.3) is 0 Å². The topological polar surface area (TPSA) is 12.0 Å². The SMILES string of the molecule is CCC(C)(CC)NCc1ccc(F)c(F)c1. The van der Waals surface area contributed by atoms with E-state index < -0.39 is 11.6 Å². The van der Waals surface area contributed by atoms with E-state index in [1.807, 2.05) is 0 Å². The van der Waals surface area contributed by atoms with Gasteiger partial charge in [0.2, 0.25) is 0 Å². The molecule has 90 valence electrons. The Morgan fingerprint density at radius 3 is 2.25 bits per heavy atom. The second-order valence-corrected chi connectivity index (χ2v) is 4.37. The van der Waals surface area contributed by atoms with Crippen LogP contribution in [0.3, 0.4) is 0 Å². The van der Waals surface area contributed by atoms with Gasteiger partial charge in [-0.2, -0.15) is 0 Å². The Kier molecular flexibility index (Phi) is 4.42. The van der Waals surface area contributed by atoms with E-state index in [2.05, 4.69) is 26.1 Å². The third-order valence-corrected chi connectivity index (χ3v) is 3.26. The lowest BCUT2D eigenvalue weighted by atomic mass is 9.95. The minimum Gasteiger partial charge on any atom is -0.307 e. The molecule has 0 saturated carbocycles. The molecule has 1 aromatic carbocycles. The molecule has 0 atom stereocenters. The monoisotopic (exact) mass is 227 g/mol. The average Bonchev–Trinajstić information content (AvgIpc) is 2.30. The summed E-state index contributed by atoms with van der Waals surface area (Å²) >= 11 is 0. The lowest BCUT2D eigenvalue weighted by Gasteiger charge is -2.28. The van der Waals surface area contributed by atoms with Crippen molar-refractivity contribution in [2.75, 3.05) is 0 Å². The summed E-state index contributed by atoms with van der Waals surface area (Å²) in [6, 6.07) is 4.02. The highest BCUT2D eigenvalue weighted by molar-refractivity contribution is 5.17. The summed E-state index contributed by atoms with van der Waals surface area (Å²) in [5.74, 6) is -1.58. The summed E-state index contributed by atoms with van der Waals surface area (Å²) in [5.41, 5.74) is 0.831. The van der Waals surface area contributed by atoms with Crippen molar-refractivity contribution in [3.8, 4) is 0 Å². The first kappa shape index (κ1) is 13.1. The fraction of sp³-hybridized carbons (Fsp3) is 0.538. The second-order valence-electron chi connectivity index (χ2n) is 4.37. The molecule has 1 rings (SSSR count). The van der Waals surface area contributed by atoms with Gasteiger partial charge in [-0.05, 0) is 37.5 Å². The summed E-state index contributed by atoms with van der Waals surface area (Å²) < 4.78 is 25.7. The van der Waals surface area contributed by atoms with Crippen LogP contribution in [0.4, 0.5) is 8.78 Å². The molecule has 0 heterocycles. The summed E-state index contributed by atoms with van der Waals surface area (Å²) in [7, 11) is 0. The van der Waals surface area contributed by atoms with Crippen molar-refractivity contribution in [2.45, 2.75) is 45.7 Å². The largest absolute Gasteiger partial charge is 0.307 e. The molecule has 0 saturated heterocycles. The minimum atomic E-state index is -0.794. The number of benzene rings is 1. The van der Waals surface area contributed by atoms with Crippen molar-refractivity contribution in [1.82, 2.24) is 5.32 Å². The van der Waals surface area contributed by atoms with Gasteiger partial charge in [0.15, 0.2) is 11.6 Å². The Morgan fingerprint density at radius 1 is 1.12 bits per heavy atom. The molecular formula is C13H19F2N. The van der Waals surface area contributed by atoms with E-state index in [9.17, 15) is 8.78 Å². The van der Waals surface area contributed by atoms with Crippen LogP contribution in [0.1, 0.15) is 39.2 Å². The fourth-order valence-corrected chi connectivity index (χ4v) is 1.47. The van der Waals surface area contributed by atoms with Crippen LogP contribution in [0, 0.1) is 11.6 Å². The maximum Gasteiger partial charge on any atom is 0.159 e. The van der Waals surface area contributed by atoms with Crippen molar-refractivity contribution in [3.05, 3.63) is 35.4 Å². The van der Waals surface area contributed by atoms with Crippen LogP contribution in [-0.4, -0.2) is 5.54 Å². The van der Waals surface area contributed by atoms with Gasteiger partial charge < -0.3 is 5.32 Å². The predicted octanol–water partition coefficient (Wildman–Crippen LogP) is 3.63.